The van der Waals surface area contributed by atoms with E-state index in [0.717, 1.165) is 22.0 Å². The summed E-state index contributed by atoms with van der Waals surface area (Å²) in [5.74, 6) is 0.628. The molecule has 1 fully saturated rings. The van der Waals surface area contributed by atoms with Gasteiger partial charge in [-0.1, -0.05) is 42.0 Å². The molecule has 3 heterocycles. The normalized spacial score (nSPS) is 16.4. The number of aryl methyl sites for hydroxylation is 1. The molecule has 0 unspecified atom stereocenters. The van der Waals surface area contributed by atoms with Crippen LogP contribution in [-0.2, 0) is 6.54 Å². The molecule has 164 valence electrons. The lowest BCUT2D eigenvalue weighted by Gasteiger charge is -2.35. The number of fused-ring (bicyclic) bond motifs is 1. The van der Waals surface area contributed by atoms with Crippen molar-refractivity contribution in [1.82, 2.24) is 30.1 Å². The minimum absolute atomic E-state index is 0.147. The number of hydrogen-bond donors (Lipinski definition) is 2. The Morgan fingerprint density at radius 3 is 2.69 bits per heavy atom. The van der Waals surface area contributed by atoms with Crippen molar-refractivity contribution in [2.45, 2.75) is 38.5 Å². The molecule has 1 aliphatic heterocycles. The summed E-state index contributed by atoms with van der Waals surface area (Å²) in [6, 6.07) is 17.5. The van der Waals surface area contributed by atoms with Crippen LogP contribution in [0.25, 0.3) is 10.9 Å². The van der Waals surface area contributed by atoms with Crippen LogP contribution in [0.1, 0.15) is 41.4 Å². The van der Waals surface area contributed by atoms with Crippen LogP contribution in [0.15, 0.2) is 59.4 Å². The van der Waals surface area contributed by atoms with Gasteiger partial charge in [0.2, 0.25) is 0 Å². The maximum Gasteiger partial charge on any atom is 0.253 e. The van der Waals surface area contributed by atoms with Crippen LogP contribution in [0, 0.1) is 6.92 Å². The van der Waals surface area contributed by atoms with Crippen molar-refractivity contribution < 1.29 is 5.11 Å². The molecule has 5 rings (SSSR count). The van der Waals surface area contributed by atoms with E-state index in [2.05, 4.69) is 31.5 Å². The van der Waals surface area contributed by atoms with E-state index in [9.17, 15) is 9.90 Å². The number of nitrogens with one attached hydrogen (secondary N) is 1. The highest BCUT2D eigenvalue weighted by molar-refractivity contribution is 5.79. The number of piperidine rings is 1. The summed E-state index contributed by atoms with van der Waals surface area (Å²) in [6.07, 6.45) is 0.993. The standard InChI is InChI=1S/C24H26N6O2/c1-16-7-8-21-18(13-16)14-20(24(32)25-21)22(29-11-9-19(31)10-12-29)23-26-27-28-30(23)15-17-5-3-2-4-6-17/h2-8,13-14,19,22,31H,9-12,15H2,1H3,(H,25,32)/t22-/m0/s1. The summed E-state index contributed by atoms with van der Waals surface area (Å²) in [4.78, 5) is 18.5. The molecule has 2 aromatic carbocycles. The minimum Gasteiger partial charge on any atom is -0.393 e. The number of pyridine rings is 1. The average molecular weight is 431 g/mol. The lowest BCUT2D eigenvalue weighted by atomic mass is 9.99. The van der Waals surface area contributed by atoms with E-state index in [-0.39, 0.29) is 11.7 Å². The Morgan fingerprint density at radius 1 is 1.12 bits per heavy atom. The van der Waals surface area contributed by atoms with Gasteiger partial charge in [0, 0.05) is 24.2 Å². The quantitative estimate of drug-likeness (QED) is 0.504. The van der Waals surface area contributed by atoms with Gasteiger partial charge in [0.1, 0.15) is 6.04 Å². The zero-order valence-electron chi connectivity index (χ0n) is 18.0. The Hall–Kier alpha value is -3.36. The van der Waals surface area contributed by atoms with Crippen molar-refractivity contribution in [1.29, 1.82) is 0 Å². The summed E-state index contributed by atoms with van der Waals surface area (Å²) in [6.45, 7) is 3.87. The zero-order chi connectivity index (χ0) is 22.1. The first-order valence-electron chi connectivity index (χ1n) is 10.9. The molecular formula is C24H26N6O2. The first kappa shape index (κ1) is 20.5. The van der Waals surface area contributed by atoms with Gasteiger partial charge in [-0.2, -0.15) is 0 Å². The number of likely N-dealkylation sites (tertiary alicyclic amines) is 1. The van der Waals surface area contributed by atoms with Crippen LogP contribution in [0.3, 0.4) is 0 Å². The van der Waals surface area contributed by atoms with E-state index in [0.29, 0.717) is 43.9 Å². The molecule has 8 nitrogen and oxygen atoms in total. The predicted octanol–water partition coefficient (Wildman–Crippen LogP) is 2.42. The molecule has 32 heavy (non-hydrogen) atoms. The van der Waals surface area contributed by atoms with Crippen molar-refractivity contribution in [3.05, 3.63) is 87.5 Å². The van der Waals surface area contributed by atoms with Crippen molar-refractivity contribution >= 4 is 10.9 Å². The average Bonchev–Trinajstić information content (AvgIpc) is 3.24. The lowest BCUT2D eigenvalue weighted by molar-refractivity contribution is 0.0659. The molecular weight excluding hydrogens is 404 g/mol. The fourth-order valence-corrected chi connectivity index (χ4v) is 4.47. The fraction of sp³-hybridized carbons (Fsp3) is 0.333. The van der Waals surface area contributed by atoms with Gasteiger partial charge in [0.05, 0.1) is 12.6 Å². The molecule has 0 amide bonds. The second kappa shape index (κ2) is 8.64. The highest BCUT2D eigenvalue weighted by Gasteiger charge is 2.32. The number of rotatable bonds is 5. The summed E-state index contributed by atoms with van der Waals surface area (Å²) < 4.78 is 1.77. The van der Waals surface area contributed by atoms with Gasteiger partial charge in [0.25, 0.3) is 5.56 Å². The first-order valence-corrected chi connectivity index (χ1v) is 10.9. The molecule has 8 heteroatoms. The molecule has 1 atom stereocenters. The Kier molecular flexibility index (Phi) is 5.55. The molecule has 4 aromatic rings. The smallest absolute Gasteiger partial charge is 0.253 e. The van der Waals surface area contributed by atoms with E-state index < -0.39 is 6.04 Å². The number of aromatic nitrogens is 5. The molecule has 1 aliphatic rings. The highest BCUT2D eigenvalue weighted by atomic mass is 16.3. The number of aliphatic hydroxyl groups excluding tert-OH is 1. The zero-order valence-corrected chi connectivity index (χ0v) is 18.0. The molecule has 1 saturated heterocycles. The summed E-state index contributed by atoms with van der Waals surface area (Å²) >= 11 is 0. The summed E-state index contributed by atoms with van der Waals surface area (Å²) in [7, 11) is 0. The van der Waals surface area contributed by atoms with Gasteiger partial charge in [-0.25, -0.2) is 4.68 Å². The topological polar surface area (TPSA) is 99.9 Å². The highest BCUT2D eigenvalue weighted by Crippen LogP contribution is 2.29. The monoisotopic (exact) mass is 430 g/mol. The molecule has 0 bridgehead atoms. The molecule has 0 aliphatic carbocycles. The molecule has 2 aromatic heterocycles. The summed E-state index contributed by atoms with van der Waals surface area (Å²) in [5.41, 5.74) is 3.48. The van der Waals surface area contributed by atoms with Crippen LogP contribution in [0.4, 0.5) is 0 Å². The molecule has 0 spiro atoms. The van der Waals surface area contributed by atoms with Crippen LogP contribution >= 0.6 is 0 Å². The third-order valence-corrected chi connectivity index (χ3v) is 6.17. The van der Waals surface area contributed by atoms with Crippen molar-refractivity contribution in [2.75, 3.05) is 13.1 Å². The van der Waals surface area contributed by atoms with Crippen LogP contribution in [0.2, 0.25) is 0 Å². The Bertz CT molecular complexity index is 1270. The number of nitrogens with zero attached hydrogens (tertiary/aromatic N) is 5. The van der Waals surface area contributed by atoms with Gasteiger partial charge in [0.15, 0.2) is 5.82 Å². The van der Waals surface area contributed by atoms with Gasteiger partial charge >= 0.3 is 0 Å². The third-order valence-electron chi connectivity index (χ3n) is 6.17. The van der Waals surface area contributed by atoms with Crippen molar-refractivity contribution in [3.8, 4) is 0 Å². The largest absolute Gasteiger partial charge is 0.393 e. The van der Waals surface area contributed by atoms with Crippen LogP contribution in [-0.4, -0.2) is 54.4 Å². The van der Waals surface area contributed by atoms with Gasteiger partial charge in [-0.15, -0.1) is 5.10 Å². The lowest BCUT2D eigenvalue weighted by Crippen LogP contribution is -2.41. The van der Waals surface area contributed by atoms with Crippen LogP contribution < -0.4 is 5.56 Å². The first-order chi connectivity index (χ1) is 15.6. The fourth-order valence-electron chi connectivity index (χ4n) is 4.47. The van der Waals surface area contributed by atoms with Gasteiger partial charge in [-0.05, 0) is 59.3 Å². The summed E-state index contributed by atoms with van der Waals surface area (Å²) in [5, 5.41) is 23.6. The SMILES string of the molecule is Cc1ccc2[nH]c(=O)c([C@@H](c3nnnn3Cc3ccccc3)N3CCC(O)CC3)cc2c1. The minimum atomic E-state index is -0.408. The van der Waals surface area contributed by atoms with E-state index in [4.69, 9.17) is 0 Å². The van der Waals surface area contributed by atoms with Crippen molar-refractivity contribution in [2.24, 2.45) is 0 Å². The van der Waals surface area contributed by atoms with Crippen LogP contribution in [0.5, 0.6) is 0 Å². The maximum absolute atomic E-state index is 13.2. The van der Waals surface area contributed by atoms with E-state index in [1.807, 2.05) is 55.5 Å². The number of H-pyrrole nitrogens is 1. The van der Waals surface area contributed by atoms with E-state index in [1.54, 1.807) is 4.68 Å². The van der Waals surface area contributed by atoms with Crippen molar-refractivity contribution in [3.63, 3.8) is 0 Å². The molecule has 0 radical (unpaired) electrons. The Balaban J connectivity index is 1.62. The maximum atomic E-state index is 13.2. The second-order valence-corrected chi connectivity index (χ2v) is 8.49. The van der Waals surface area contributed by atoms with E-state index in [1.165, 1.54) is 0 Å². The molecule has 0 saturated carbocycles. The number of aromatic amines is 1. The third kappa shape index (κ3) is 4.06. The second-order valence-electron chi connectivity index (χ2n) is 8.49. The number of hydrogen-bond acceptors (Lipinski definition) is 6. The van der Waals surface area contributed by atoms with Gasteiger partial charge in [-0.3, -0.25) is 9.69 Å². The Morgan fingerprint density at radius 2 is 1.91 bits per heavy atom. The number of benzene rings is 2. The predicted molar refractivity (Wildman–Crippen MR) is 121 cm³/mol. The Labute approximate surface area is 185 Å². The number of tetrazole rings is 1. The van der Waals surface area contributed by atoms with Gasteiger partial charge < -0.3 is 10.1 Å². The molecule has 2 N–H and O–H groups in total. The number of aliphatic hydroxyl groups is 1. The van der Waals surface area contributed by atoms with E-state index >= 15 is 0 Å².